The third kappa shape index (κ3) is 11.4. The first-order valence-electron chi connectivity index (χ1n) is 21.9. The summed E-state index contributed by atoms with van der Waals surface area (Å²) in [7, 11) is 4.19. The molecule has 3 aliphatic rings. The maximum absolute atomic E-state index is 13.4. The van der Waals surface area contributed by atoms with E-state index in [0.717, 1.165) is 63.7 Å². The number of carbonyl (C=O) groups is 1. The Morgan fingerprint density at radius 2 is 1.57 bits per heavy atom. The van der Waals surface area contributed by atoms with Gasteiger partial charge in [-0.05, 0) is 91.4 Å². The largest absolute Gasteiger partial charge is 0.491 e. The van der Waals surface area contributed by atoms with Crippen molar-refractivity contribution >= 4 is 35.0 Å². The molecule has 0 saturated carbocycles. The summed E-state index contributed by atoms with van der Waals surface area (Å²) in [6.45, 7) is 6.03. The number of rotatable bonds is 2. The van der Waals surface area contributed by atoms with Crippen LogP contribution in [-0.4, -0.2) is 118 Å². The first-order chi connectivity index (χ1) is 31.9. The zero-order valence-electron chi connectivity index (χ0n) is 36.7. The highest BCUT2D eigenvalue weighted by atomic mass is 16.5. The van der Waals surface area contributed by atoms with Gasteiger partial charge in [0.1, 0.15) is 12.4 Å². The van der Waals surface area contributed by atoms with Crippen LogP contribution in [0.2, 0.25) is 0 Å². The number of nitrogens with zero attached hydrogens (tertiary/aromatic N) is 9. The molecule has 15 nitrogen and oxygen atoms in total. The molecule has 1 atom stereocenters. The fourth-order valence-corrected chi connectivity index (χ4v) is 8.06. The summed E-state index contributed by atoms with van der Waals surface area (Å²) >= 11 is 0. The second-order valence-corrected chi connectivity index (χ2v) is 16.4. The molecule has 6 aromatic rings. The lowest BCUT2D eigenvalue weighted by molar-refractivity contribution is 0.0564. The van der Waals surface area contributed by atoms with E-state index in [1.54, 1.807) is 17.3 Å². The smallest absolute Gasteiger partial charge is 0.322 e. The summed E-state index contributed by atoms with van der Waals surface area (Å²) in [5.41, 5.74) is 8.65. The minimum absolute atomic E-state index is 0.165. The molecule has 3 aliphatic heterocycles. The molecule has 3 aromatic heterocycles. The van der Waals surface area contributed by atoms with E-state index in [2.05, 4.69) is 110 Å². The molecular weight excluding hydrogens is 819 g/mol. The van der Waals surface area contributed by atoms with Gasteiger partial charge in [0.05, 0.1) is 43.9 Å². The van der Waals surface area contributed by atoms with Crippen molar-refractivity contribution in [2.24, 2.45) is 0 Å². The van der Waals surface area contributed by atoms with Gasteiger partial charge < -0.3 is 34.6 Å². The third-order valence-corrected chi connectivity index (χ3v) is 11.2. The Bertz CT molecular complexity index is 2650. The highest BCUT2D eigenvalue weighted by Gasteiger charge is 2.24. The van der Waals surface area contributed by atoms with Crippen molar-refractivity contribution < 1.29 is 19.0 Å². The first kappa shape index (κ1) is 43.2. The van der Waals surface area contributed by atoms with Crippen molar-refractivity contribution in [3.63, 3.8) is 0 Å². The van der Waals surface area contributed by atoms with Crippen LogP contribution in [0.4, 0.5) is 33.8 Å². The molecule has 65 heavy (non-hydrogen) atoms. The van der Waals surface area contributed by atoms with Gasteiger partial charge in [0.15, 0.2) is 0 Å². The number of carbonyl (C=O) groups excluding carboxylic acids is 1. The van der Waals surface area contributed by atoms with Gasteiger partial charge in [0.25, 0.3) is 0 Å². The highest BCUT2D eigenvalue weighted by molar-refractivity contribution is 5.90. The number of anilines is 5. The van der Waals surface area contributed by atoms with Crippen molar-refractivity contribution in [1.29, 1.82) is 0 Å². The summed E-state index contributed by atoms with van der Waals surface area (Å²) < 4.78 is 18.2. The SMILES string of the molecule is CN1C/C=C/C(N2c3cccc(c3)CN(C)C/C=C/COCc3cncc(c3)-c3ccnc2n3)COc2cccc(c2)-c2ccnc(n2)Nc2cc(cc(NC(=O)N3CCOCC3)c2)C1. The van der Waals surface area contributed by atoms with Gasteiger partial charge in [-0.1, -0.05) is 48.6 Å². The fraction of sp³-hybridized carbons (Fsp3) is 0.280. The van der Waals surface area contributed by atoms with Crippen LogP contribution in [0, 0.1) is 0 Å². The molecule has 3 aromatic carbocycles. The maximum Gasteiger partial charge on any atom is 0.322 e. The van der Waals surface area contributed by atoms with Crippen molar-refractivity contribution in [3.05, 3.63) is 151 Å². The Hall–Kier alpha value is -7.04. The quantitative estimate of drug-likeness (QED) is 0.164. The van der Waals surface area contributed by atoms with E-state index >= 15 is 0 Å². The van der Waals surface area contributed by atoms with E-state index in [1.807, 2.05) is 60.9 Å². The number of likely N-dealkylation sites (N-methyl/N-ethyl adjacent to an activating group) is 2. The molecule has 1 fully saturated rings. The zero-order chi connectivity index (χ0) is 44.4. The minimum Gasteiger partial charge on any atom is -0.491 e. The third-order valence-electron chi connectivity index (χ3n) is 11.2. The Kier molecular flexibility index (Phi) is 13.7. The molecule has 332 valence electrons. The lowest BCUT2D eigenvalue weighted by Crippen LogP contribution is -2.43. The average molecular weight is 872 g/mol. The average Bonchev–Trinajstić information content (AvgIpc) is 3.32. The number of hydrogen-bond donors (Lipinski definition) is 2. The molecule has 1 unspecified atom stereocenters. The van der Waals surface area contributed by atoms with E-state index < -0.39 is 0 Å². The number of morpholine rings is 1. The van der Waals surface area contributed by atoms with Gasteiger partial charge in [-0.2, -0.15) is 0 Å². The van der Waals surface area contributed by atoms with Crippen molar-refractivity contribution in [2.45, 2.75) is 25.7 Å². The van der Waals surface area contributed by atoms with Crippen LogP contribution in [0.15, 0.2) is 134 Å². The molecule has 15 heteroatoms. The molecule has 2 N–H and O–H groups in total. The minimum atomic E-state index is -0.360. The van der Waals surface area contributed by atoms with Crippen molar-refractivity contribution in [2.75, 3.05) is 82.2 Å². The number of benzene rings is 3. The maximum atomic E-state index is 13.4. The molecule has 2 amide bonds. The number of amides is 2. The number of nitrogens with one attached hydrogen (secondary N) is 2. The van der Waals surface area contributed by atoms with Crippen LogP contribution in [0.1, 0.15) is 16.7 Å². The van der Waals surface area contributed by atoms with Crippen molar-refractivity contribution in [1.82, 2.24) is 39.6 Å². The van der Waals surface area contributed by atoms with Crippen LogP contribution < -0.4 is 20.3 Å². The standard InChI is InChI=1S/C50H53N11O4/c1-58-17-3-4-21-64-34-38-24-40(31-51-30-38)47-14-16-53-49(57-47)61(43-10-5-8-36(27-43)32-58)44-11-7-18-59(2)33-37-25-41(29-42(26-37)55-50(62)60-19-22-63-23-20-60)54-48-52-15-13-46(56-48)39-9-6-12-45(28-39)65-35-44/h3-16,24-31,44H,17-23,32-35H2,1-2H3,(H,55,62)(H,52,54,56)/b4-3+,11-7+. The Labute approximate surface area is 379 Å². The van der Waals surface area contributed by atoms with Crippen molar-refractivity contribution in [3.8, 4) is 28.3 Å². The molecular formula is C50H53N11O4. The van der Waals surface area contributed by atoms with Crippen LogP contribution in [0.5, 0.6) is 5.75 Å². The zero-order valence-corrected chi connectivity index (χ0v) is 36.7. The van der Waals surface area contributed by atoms with Crippen LogP contribution >= 0.6 is 0 Å². The Balaban J connectivity index is 1.10. The lowest BCUT2D eigenvalue weighted by Gasteiger charge is -2.31. The summed E-state index contributed by atoms with van der Waals surface area (Å²) in [5, 5.41) is 6.52. The number of pyridine rings is 1. The van der Waals surface area contributed by atoms with E-state index in [-0.39, 0.29) is 18.7 Å². The molecule has 0 aliphatic carbocycles. The van der Waals surface area contributed by atoms with Gasteiger partial charge in [0.2, 0.25) is 11.9 Å². The number of hydrogen-bond acceptors (Lipinski definition) is 13. The van der Waals surface area contributed by atoms with E-state index in [1.165, 1.54) is 0 Å². The molecule has 12 bridgehead atoms. The van der Waals surface area contributed by atoms with E-state index in [4.69, 9.17) is 29.2 Å². The number of ether oxygens (including phenoxy) is 3. The predicted molar refractivity (Wildman–Crippen MR) is 252 cm³/mol. The van der Waals surface area contributed by atoms with Gasteiger partial charge in [-0.15, -0.1) is 0 Å². The second kappa shape index (κ2) is 20.6. The molecule has 9 rings (SSSR count). The normalized spacial score (nSPS) is 18.6. The van der Waals surface area contributed by atoms with Crippen LogP contribution in [0.25, 0.3) is 22.5 Å². The van der Waals surface area contributed by atoms with Gasteiger partial charge >= 0.3 is 6.03 Å². The van der Waals surface area contributed by atoms with Gasteiger partial charge in [-0.25, -0.2) is 24.7 Å². The lowest BCUT2D eigenvalue weighted by atomic mass is 10.1. The first-order valence-corrected chi connectivity index (χ1v) is 21.9. The predicted octanol–water partition coefficient (Wildman–Crippen LogP) is 7.71. The molecule has 1 saturated heterocycles. The topological polar surface area (TPSA) is 146 Å². The molecule has 0 radical (unpaired) electrons. The van der Waals surface area contributed by atoms with E-state index in [9.17, 15) is 4.79 Å². The van der Waals surface area contributed by atoms with Gasteiger partial charge in [0, 0.05) is 92.2 Å². The second-order valence-electron chi connectivity index (χ2n) is 16.4. The summed E-state index contributed by atoms with van der Waals surface area (Å²) in [5.74, 6) is 1.63. The number of aromatic nitrogens is 5. The highest BCUT2D eigenvalue weighted by Crippen LogP contribution is 2.31. The van der Waals surface area contributed by atoms with Gasteiger partial charge in [-0.3, -0.25) is 14.8 Å². The molecule has 0 spiro atoms. The summed E-state index contributed by atoms with van der Waals surface area (Å²) in [6, 6.07) is 27.8. The van der Waals surface area contributed by atoms with Crippen LogP contribution in [0.3, 0.4) is 0 Å². The number of fused-ring (bicyclic) bond motifs is 14. The monoisotopic (exact) mass is 871 g/mol. The van der Waals surface area contributed by atoms with Crippen LogP contribution in [-0.2, 0) is 29.2 Å². The summed E-state index contributed by atoms with van der Waals surface area (Å²) in [4.78, 5) is 45.9. The van der Waals surface area contributed by atoms with E-state index in [0.29, 0.717) is 75.9 Å². The Morgan fingerprint density at radius 1 is 0.754 bits per heavy atom. The fourth-order valence-electron chi connectivity index (χ4n) is 8.06. The number of urea groups is 1. The Morgan fingerprint density at radius 3 is 2.46 bits per heavy atom. The molecule has 6 heterocycles. The summed E-state index contributed by atoms with van der Waals surface area (Å²) in [6.07, 6.45) is 15.7.